The molecule has 0 fully saturated rings. The molecule has 0 radical (unpaired) electrons. The summed E-state index contributed by atoms with van der Waals surface area (Å²) in [4.78, 5) is 27.2. The van der Waals surface area contributed by atoms with Gasteiger partial charge in [-0.25, -0.2) is 4.39 Å². The Hall–Kier alpha value is -2.56. The standard InChI is InChI=1S/C15H13FN2O2/c1-9(15(17)20)13-7-4-11(8-18-13)14(19)10-2-5-12(16)6-3-10/h2-9H,1H3,(H2,17,20). The fourth-order valence-electron chi connectivity index (χ4n) is 1.71. The van der Waals surface area contributed by atoms with E-state index in [1.807, 2.05) is 0 Å². The number of hydrogen-bond donors (Lipinski definition) is 1. The van der Waals surface area contributed by atoms with Crippen LogP contribution in [0.3, 0.4) is 0 Å². The number of carbonyl (C=O) groups excluding carboxylic acids is 2. The van der Waals surface area contributed by atoms with Crippen molar-refractivity contribution in [2.75, 3.05) is 0 Å². The van der Waals surface area contributed by atoms with E-state index in [-0.39, 0.29) is 5.78 Å². The summed E-state index contributed by atoms with van der Waals surface area (Å²) in [7, 11) is 0. The van der Waals surface area contributed by atoms with Crippen molar-refractivity contribution >= 4 is 11.7 Å². The first-order valence-corrected chi connectivity index (χ1v) is 6.04. The van der Waals surface area contributed by atoms with E-state index >= 15 is 0 Å². The molecule has 0 aliphatic carbocycles. The highest BCUT2D eigenvalue weighted by atomic mass is 19.1. The fraction of sp³-hybridized carbons (Fsp3) is 0.133. The second kappa shape index (κ2) is 5.61. The zero-order valence-electron chi connectivity index (χ0n) is 10.8. The molecule has 1 aromatic heterocycles. The van der Waals surface area contributed by atoms with Crippen LogP contribution in [-0.4, -0.2) is 16.7 Å². The Morgan fingerprint density at radius 3 is 2.20 bits per heavy atom. The smallest absolute Gasteiger partial charge is 0.226 e. The number of amides is 1. The van der Waals surface area contributed by atoms with Crippen LogP contribution in [0.25, 0.3) is 0 Å². The molecule has 2 aromatic rings. The molecule has 1 amide bonds. The minimum atomic E-state index is -0.509. The fourth-order valence-corrected chi connectivity index (χ4v) is 1.71. The molecule has 0 spiro atoms. The minimum absolute atomic E-state index is 0.254. The number of benzene rings is 1. The van der Waals surface area contributed by atoms with E-state index in [0.717, 1.165) is 0 Å². The SMILES string of the molecule is CC(C(N)=O)c1ccc(C(=O)c2ccc(F)cc2)cn1. The highest BCUT2D eigenvalue weighted by molar-refractivity contribution is 6.08. The summed E-state index contributed by atoms with van der Waals surface area (Å²) in [6.07, 6.45) is 1.39. The zero-order valence-corrected chi connectivity index (χ0v) is 10.8. The van der Waals surface area contributed by atoms with Crippen LogP contribution in [0.4, 0.5) is 4.39 Å². The van der Waals surface area contributed by atoms with Crippen LogP contribution in [0.15, 0.2) is 42.6 Å². The summed E-state index contributed by atoms with van der Waals surface area (Å²) in [6, 6.07) is 8.45. The lowest BCUT2D eigenvalue weighted by molar-refractivity contribution is -0.119. The molecule has 1 atom stereocenters. The number of halogens is 1. The number of aromatic nitrogens is 1. The highest BCUT2D eigenvalue weighted by Crippen LogP contribution is 2.15. The van der Waals surface area contributed by atoms with Crippen molar-refractivity contribution in [1.29, 1.82) is 0 Å². The number of nitrogens with zero attached hydrogens (tertiary/aromatic N) is 1. The number of carbonyl (C=O) groups is 2. The summed E-state index contributed by atoms with van der Waals surface area (Å²) >= 11 is 0. The summed E-state index contributed by atoms with van der Waals surface area (Å²) in [5, 5.41) is 0. The number of primary amides is 1. The third-order valence-electron chi connectivity index (χ3n) is 3.03. The van der Waals surface area contributed by atoms with Crippen LogP contribution in [0.1, 0.15) is 34.5 Å². The van der Waals surface area contributed by atoms with Gasteiger partial charge in [0, 0.05) is 17.3 Å². The molecule has 2 N–H and O–H groups in total. The molecule has 4 nitrogen and oxygen atoms in total. The van der Waals surface area contributed by atoms with Crippen molar-refractivity contribution in [3.63, 3.8) is 0 Å². The van der Waals surface area contributed by atoms with Gasteiger partial charge in [-0.2, -0.15) is 0 Å². The highest BCUT2D eigenvalue weighted by Gasteiger charge is 2.15. The maximum Gasteiger partial charge on any atom is 0.226 e. The van der Waals surface area contributed by atoms with Gasteiger partial charge in [-0.3, -0.25) is 14.6 Å². The predicted molar refractivity (Wildman–Crippen MR) is 71.7 cm³/mol. The van der Waals surface area contributed by atoms with E-state index in [2.05, 4.69) is 4.98 Å². The third kappa shape index (κ3) is 2.88. The summed E-state index contributed by atoms with van der Waals surface area (Å²) < 4.78 is 12.8. The Balaban J connectivity index is 2.23. The van der Waals surface area contributed by atoms with E-state index in [1.54, 1.807) is 19.1 Å². The van der Waals surface area contributed by atoms with Crippen molar-refractivity contribution in [1.82, 2.24) is 4.98 Å². The van der Waals surface area contributed by atoms with Gasteiger partial charge >= 0.3 is 0 Å². The van der Waals surface area contributed by atoms with Crippen molar-refractivity contribution < 1.29 is 14.0 Å². The molecule has 0 bridgehead atoms. The van der Waals surface area contributed by atoms with Gasteiger partial charge in [-0.15, -0.1) is 0 Å². The first-order chi connectivity index (χ1) is 9.49. The molecule has 5 heteroatoms. The lowest BCUT2D eigenvalue weighted by Crippen LogP contribution is -2.19. The Kier molecular flexibility index (Phi) is 3.89. The topological polar surface area (TPSA) is 73.1 Å². The molecule has 0 saturated carbocycles. The van der Waals surface area contributed by atoms with E-state index in [9.17, 15) is 14.0 Å². The number of pyridine rings is 1. The van der Waals surface area contributed by atoms with Gasteiger partial charge in [0.1, 0.15) is 5.82 Å². The lowest BCUT2D eigenvalue weighted by Gasteiger charge is -2.07. The first-order valence-electron chi connectivity index (χ1n) is 6.04. The van der Waals surface area contributed by atoms with Crippen molar-refractivity contribution in [2.24, 2.45) is 5.73 Å². The Morgan fingerprint density at radius 2 is 1.70 bits per heavy atom. The normalized spacial score (nSPS) is 11.9. The average molecular weight is 272 g/mol. The Morgan fingerprint density at radius 1 is 1.10 bits per heavy atom. The molecular formula is C15H13FN2O2. The molecular weight excluding hydrogens is 259 g/mol. The molecule has 1 aromatic carbocycles. The minimum Gasteiger partial charge on any atom is -0.369 e. The number of ketones is 1. The van der Waals surface area contributed by atoms with Gasteiger partial charge in [-0.05, 0) is 43.3 Å². The molecule has 20 heavy (non-hydrogen) atoms. The first kappa shape index (κ1) is 13.9. The molecule has 102 valence electrons. The van der Waals surface area contributed by atoms with Gasteiger partial charge in [-0.1, -0.05) is 0 Å². The largest absolute Gasteiger partial charge is 0.369 e. The molecule has 0 aliphatic rings. The van der Waals surface area contributed by atoms with Gasteiger partial charge < -0.3 is 5.73 Å². The maximum atomic E-state index is 12.8. The van der Waals surface area contributed by atoms with E-state index in [0.29, 0.717) is 16.8 Å². The number of hydrogen-bond acceptors (Lipinski definition) is 3. The predicted octanol–water partition coefficient (Wildman–Crippen LogP) is 2.04. The molecule has 1 unspecified atom stereocenters. The molecule has 0 aliphatic heterocycles. The van der Waals surface area contributed by atoms with Crippen molar-refractivity contribution in [3.8, 4) is 0 Å². The van der Waals surface area contributed by atoms with Crippen LogP contribution in [0, 0.1) is 5.82 Å². The second-order valence-electron chi connectivity index (χ2n) is 4.43. The van der Waals surface area contributed by atoms with Crippen molar-refractivity contribution in [2.45, 2.75) is 12.8 Å². The summed E-state index contributed by atoms with van der Waals surface area (Å²) in [6.45, 7) is 1.64. The number of nitrogens with two attached hydrogens (primary N) is 1. The summed E-state index contributed by atoms with van der Waals surface area (Å²) in [5.41, 5.74) is 6.45. The second-order valence-corrected chi connectivity index (χ2v) is 4.43. The molecule has 1 heterocycles. The maximum absolute atomic E-state index is 12.8. The van der Waals surface area contributed by atoms with Crippen LogP contribution < -0.4 is 5.73 Å². The van der Waals surface area contributed by atoms with Crippen LogP contribution in [0.5, 0.6) is 0 Å². The van der Waals surface area contributed by atoms with Gasteiger partial charge in [0.25, 0.3) is 0 Å². The van der Waals surface area contributed by atoms with E-state index < -0.39 is 17.6 Å². The van der Waals surface area contributed by atoms with Crippen LogP contribution in [-0.2, 0) is 4.79 Å². The monoisotopic (exact) mass is 272 g/mol. The third-order valence-corrected chi connectivity index (χ3v) is 3.03. The summed E-state index contributed by atoms with van der Waals surface area (Å²) in [5.74, 6) is -1.64. The van der Waals surface area contributed by atoms with Crippen LogP contribution >= 0.6 is 0 Å². The van der Waals surface area contributed by atoms with E-state index in [4.69, 9.17) is 5.73 Å². The van der Waals surface area contributed by atoms with Crippen molar-refractivity contribution in [3.05, 3.63) is 65.2 Å². The number of rotatable bonds is 4. The quantitative estimate of drug-likeness (QED) is 0.865. The molecule has 0 saturated heterocycles. The Bertz CT molecular complexity index is 636. The lowest BCUT2D eigenvalue weighted by atomic mass is 10.0. The van der Waals surface area contributed by atoms with Gasteiger partial charge in [0.2, 0.25) is 5.91 Å². The Labute approximate surface area is 115 Å². The zero-order chi connectivity index (χ0) is 14.7. The van der Waals surface area contributed by atoms with Gasteiger partial charge in [0.15, 0.2) is 5.78 Å². The van der Waals surface area contributed by atoms with Crippen LogP contribution in [0.2, 0.25) is 0 Å². The van der Waals surface area contributed by atoms with Gasteiger partial charge in [0.05, 0.1) is 11.6 Å². The average Bonchev–Trinajstić information content (AvgIpc) is 2.46. The van der Waals surface area contributed by atoms with E-state index in [1.165, 1.54) is 30.5 Å². The molecule has 2 rings (SSSR count).